The van der Waals surface area contributed by atoms with Crippen LogP contribution in [0.15, 0.2) is 0 Å². The molecule has 1 saturated carbocycles. The number of hydrogen-bond acceptors (Lipinski definition) is 3. The number of hydrogen-bond donors (Lipinski definition) is 1. The maximum atomic E-state index is 5.83. The van der Waals surface area contributed by atoms with Gasteiger partial charge in [-0.1, -0.05) is 20.8 Å². The van der Waals surface area contributed by atoms with Gasteiger partial charge in [0.2, 0.25) is 0 Å². The van der Waals surface area contributed by atoms with E-state index in [9.17, 15) is 0 Å². The van der Waals surface area contributed by atoms with Gasteiger partial charge in [-0.25, -0.2) is 0 Å². The molecule has 0 aromatic heterocycles. The van der Waals surface area contributed by atoms with Crippen molar-refractivity contribution in [3.8, 4) is 0 Å². The molecule has 3 heteroatoms. The zero-order valence-electron chi connectivity index (χ0n) is 14.5. The molecule has 21 heavy (non-hydrogen) atoms. The van der Waals surface area contributed by atoms with Crippen LogP contribution in [0.1, 0.15) is 59.8 Å². The first-order valence-corrected chi connectivity index (χ1v) is 8.99. The average molecular weight is 294 g/mol. The summed E-state index contributed by atoms with van der Waals surface area (Å²) in [7, 11) is 0. The third-order valence-electron chi connectivity index (χ3n) is 5.91. The molecule has 0 amide bonds. The van der Waals surface area contributed by atoms with Crippen LogP contribution in [-0.4, -0.2) is 48.8 Å². The average Bonchev–Trinajstić information content (AvgIpc) is 3.14. The number of piperazine rings is 1. The molecular formula is C18H34N2O. The molecule has 3 aliphatic rings. The van der Waals surface area contributed by atoms with Crippen molar-refractivity contribution in [3.63, 3.8) is 0 Å². The van der Waals surface area contributed by atoms with Crippen LogP contribution in [0.25, 0.3) is 0 Å². The molecule has 0 radical (unpaired) electrons. The molecule has 0 aromatic rings. The van der Waals surface area contributed by atoms with Crippen LogP contribution in [0.3, 0.4) is 0 Å². The highest BCUT2D eigenvalue weighted by Gasteiger charge is 2.47. The number of nitrogens with zero attached hydrogens (tertiary/aromatic N) is 1. The predicted octanol–water partition coefficient (Wildman–Crippen LogP) is 3.04. The molecule has 2 aliphatic heterocycles. The van der Waals surface area contributed by atoms with Gasteiger partial charge in [-0.05, 0) is 50.4 Å². The van der Waals surface area contributed by atoms with Crippen molar-refractivity contribution < 1.29 is 4.74 Å². The molecule has 2 saturated heterocycles. The fourth-order valence-corrected chi connectivity index (χ4v) is 4.31. The summed E-state index contributed by atoms with van der Waals surface area (Å²) in [6, 6.07) is 0.644. The molecule has 122 valence electrons. The third-order valence-corrected chi connectivity index (χ3v) is 5.91. The minimum atomic E-state index is 0.342. The van der Waals surface area contributed by atoms with E-state index < -0.39 is 0 Å². The zero-order chi connectivity index (χ0) is 15.1. The minimum Gasteiger partial charge on any atom is -0.378 e. The van der Waals surface area contributed by atoms with Gasteiger partial charge in [0, 0.05) is 37.8 Å². The summed E-state index contributed by atoms with van der Waals surface area (Å²) in [5, 5.41) is 3.90. The van der Waals surface area contributed by atoms with Crippen LogP contribution in [-0.2, 0) is 4.74 Å². The first-order valence-electron chi connectivity index (χ1n) is 8.99. The number of nitrogens with one attached hydrogen (secondary N) is 1. The molecule has 1 N–H and O–H groups in total. The molecule has 1 aliphatic carbocycles. The maximum absolute atomic E-state index is 5.83. The van der Waals surface area contributed by atoms with Gasteiger partial charge in [-0.2, -0.15) is 0 Å². The Bertz CT molecular complexity index is 355. The fraction of sp³-hybridized carbons (Fsp3) is 1.00. The minimum absolute atomic E-state index is 0.342. The maximum Gasteiger partial charge on any atom is 0.0588 e. The Hall–Kier alpha value is -0.120. The molecule has 3 atom stereocenters. The van der Waals surface area contributed by atoms with Crippen molar-refractivity contribution in [1.29, 1.82) is 0 Å². The molecular weight excluding hydrogens is 260 g/mol. The highest BCUT2D eigenvalue weighted by atomic mass is 16.5. The molecule has 0 bridgehead atoms. The quantitative estimate of drug-likeness (QED) is 0.862. The summed E-state index contributed by atoms with van der Waals surface area (Å²) < 4.78 is 5.83. The van der Waals surface area contributed by atoms with Gasteiger partial charge in [-0.3, -0.25) is 4.90 Å². The molecule has 3 unspecified atom stereocenters. The molecule has 2 heterocycles. The lowest BCUT2D eigenvalue weighted by Crippen LogP contribution is -2.66. The summed E-state index contributed by atoms with van der Waals surface area (Å²) in [5.74, 6) is 0.906. The summed E-state index contributed by atoms with van der Waals surface area (Å²) in [4.78, 5) is 2.77. The van der Waals surface area contributed by atoms with E-state index in [1.54, 1.807) is 0 Å². The Morgan fingerprint density at radius 2 is 2.00 bits per heavy atom. The Labute approximate surface area is 130 Å². The van der Waals surface area contributed by atoms with Gasteiger partial charge in [0.15, 0.2) is 0 Å². The highest BCUT2D eigenvalue weighted by molar-refractivity contribution is 5.05. The lowest BCUT2D eigenvalue weighted by atomic mass is 9.80. The second kappa shape index (κ2) is 5.82. The summed E-state index contributed by atoms with van der Waals surface area (Å²) in [6.45, 7) is 14.1. The van der Waals surface area contributed by atoms with Crippen molar-refractivity contribution in [2.75, 3.05) is 26.2 Å². The van der Waals surface area contributed by atoms with Gasteiger partial charge in [-0.15, -0.1) is 0 Å². The van der Waals surface area contributed by atoms with Crippen molar-refractivity contribution in [2.45, 2.75) is 77.5 Å². The second-order valence-corrected chi connectivity index (χ2v) is 8.85. The van der Waals surface area contributed by atoms with Crippen molar-refractivity contribution in [3.05, 3.63) is 0 Å². The molecule has 3 nitrogen and oxygen atoms in total. The molecule has 3 fully saturated rings. The van der Waals surface area contributed by atoms with E-state index in [0.29, 0.717) is 23.1 Å². The molecule has 3 rings (SSSR count). The second-order valence-electron chi connectivity index (χ2n) is 8.85. The van der Waals surface area contributed by atoms with Crippen LogP contribution in [0.2, 0.25) is 0 Å². The third kappa shape index (κ3) is 3.62. The lowest BCUT2D eigenvalue weighted by Gasteiger charge is -2.51. The number of rotatable bonds is 4. The van der Waals surface area contributed by atoms with Crippen molar-refractivity contribution in [2.24, 2.45) is 11.3 Å². The predicted molar refractivity (Wildman–Crippen MR) is 87.5 cm³/mol. The van der Waals surface area contributed by atoms with E-state index in [2.05, 4.69) is 37.9 Å². The highest BCUT2D eigenvalue weighted by Crippen LogP contribution is 2.42. The fourth-order valence-electron chi connectivity index (χ4n) is 4.31. The van der Waals surface area contributed by atoms with E-state index in [4.69, 9.17) is 4.74 Å². The van der Waals surface area contributed by atoms with Crippen LogP contribution in [0.4, 0.5) is 0 Å². The topological polar surface area (TPSA) is 24.5 Å². The van der Waals surface area contributed by atoms with Crippen LogP contribution in [0, 0.1) is 11.3 Å². The molecule has 0 spiro atoms. The Morgan fingerprint density at radius 3 is 2.57 bits per heavy atom. The standard InChI is InChI=1S/C18H34N2O/c1-17(2,3)16-12-19-18(4,14-7-8-14)13-20(16)10-9-15-6-5-11-21-15/h14-16,19H,5-13H2,1-4H3. The smallest absolute Gasteiger partial charge is 0.0588 e. The van der Waals surface area contributed by atoms with Crippen LogP contribution >= 0.6 is 0 Å². The molecule has 0 aromatic carbocycles. The van der Waals surface area contributed by atoms with E-state index in [-0.39, 0.29) is 0 Å². The monoisotopic (exact) mass is 294 g/mol. The first-order chi connectivity index (χ1) is 9.88. The Kier molecular flexibility index (Phi) is 4.37. The van der Waals surface area contributed by atoms with Gasteiger partial charge in [0.25, 0.3) is 0 Å². The van der Waals surface area contributed by atoms with E-state index in [0.717, 1.165) is 19.1 Å². The summed E-state index contributed by atoms with van der Waals surface area (Å²) in [5.41, 5.74) is 0.687. The zero-order valence-corrected chi connectivity index (χ0v) is 14.5. The van der Waals surface area contributed by atoms with E-state index >= 15 is 0 Å². The first kappa shape index (κ1) is 15.8. The summed E-state index contributed by atoms with van der Waals surface area (Å²) in [6.07, 6.45) is 7.11. The van der Waals surface area contributed by atoms with Crippen LogP contribution < -0.4 is 5.32 Å². The van der Waals surface area contributed by atoms with E-state index in [1.165, 1.54) is 45.2 Å². The lowest BCUT2D eigenvalue weighted by molar-refractivity contribution is 0.00711. The Balaban J connectivity index is 1.63. The SMILES string of the molecule is CC(C)(C)C1CNC(C)(C2CC2)CN1CCC1CCCO1. The van der Waals surface area contributed by atoms with Crippen molar-refractivity contribution in [1.82, 2.24) is 10.2 Å². The van der Waals surface area contributed by atoms with Crippen LogP contribution in [0.5, 0.6) is 0 Å². The Morgan fingerprint density at radius 1 is 1.24 bits per heavy atom. The normalized spacial score (nSPS) is 38.9. The van der Waals surface area contributed by atoms with Gasteiger partial charge in [0.05, 0.1) is 6.10 Å². The van der Waals surface area contributed by atoms with Gasteiger partial charge in [0.1, 0.15) is 0 Å². The number of ether oxygens (including phenoxy) is 1. The van der Waals surface area contributed by atoms with E-state index in [1.807, 2.05) is 0 Å². The van der Waals surface area contributed by atoms with Gasteiger partial charge < -0.3 is 10.1 Å². The van der Waals surface area contributed by atoms with Crippen molar-refractivity contribution >= 4 is 0 Å². The largest absolute Gasteiger partial charge is 0.378 e. The summed E-state index contributed by atoms with van der Waals surface area (Å²) >= 11 is 0. The van der Waals surface area contributed by atoms with Gasteiger partial charge >= 0.3 is 0 Å².